The quantitative estimate of drug-likeness (QED) is 0.237. The zero-order chi connectivity index (χ0) is 14.8. The lowest BCUT2D eigenvalue weighted by atomic mass is 10.2. The van der Waals surface area contributed by atoms with E-state index in [9.17, 15) is 0 Å². The molecular weight excluding hydrogens is 371 g/mol. The highest BCUT2D eigenvalue weighted by molar-refractivity contribution is 7.99. The van der Waals surface area contributed by atoms with Gasteiger partial charge in [-0.15, -0.1) is 11.8 Å². The van der Waals surface area contributed by atoms with Crippen molar-refractivity contribution in [2.75, 3.05) is 12.4 Å². The molecule has 26 heavy (non-hydrogen) atoms. The van der Waals surface area contributed by atoms with Crippen LogP contribution in [0.15, 0.2) is 59.5 Å². The summed E-state index contributed by atoms with van der Waals surface area (Å²) in [5, 5.41) is 0. The monoisotopic (exact) mass is 395 g/mol. The Morgan fingerprint density at radius 2 is 1.38 bits per heavy atom. The fraction of sp³-hybridized carbons (Fsp3) is 0.368. The number of halogens is 5. The van der Waals surface area contributed by atoms with Crippen LogP contribution in [0.1, 0.15) is 31.7 Å². The van der Waals surface area contributed by atoms with Gasteiger partial charge in [-0.2, -0.15) is 0 Å². The van der Waals surface area contributed by atoms with Gasteiger partial charge in [0.05, 0.1) is 6.61 Å². The minimum absolute atomic E-state index is 0. The van der Waals surface area contributed by atoms with Crippen LogP contribution >= 0.6 is 11.8 Å². The summed E-state index contributed by atoms with van der Waals surface area (Å²) in [5.41, 5.74) is 1.37. The Hall–Kier alpha value is -1.76. The van der Waals surface area contributed by atoms with Crippen molar-refractivity contribution >= 4 is 11.8 Å². The summed E-state index contributed by atoms with van der Waals surface area (Å²) in [7, 11) is 0. The van der Waals surface area contributed by atoms with E-state index in [1.165, 1.54) is 23.3 Å². The summed E-state index contributed by atoms with van der Waals surface area (Å²) in [6.07, 6.45) is 4.72. The van der Waals surface area contributed by atoms with Crippen LogP contribution in [0.25, 0.3) is 0 Å². The molecular formula is C19H24F5OS-5. The molecule has 0 saturated carbocycles. The zero-order valence-electron chi connectivity index (χ0n) is 14.6. The highest BCUT2D eigenvalue weighted by atomic mass is 32.2. The van der Waals surface area contributed by atoms with Gasteiger partial charge in [-0.05, 0) is 42.7 Å². The molecule has 2 aromatic rings. The van der Waals surface area contributed by atoms with Crippen molar-refractivity contribution in [3.05, 3.63) is 60.2 Å². The van der Waals surface area contributed by atoms with Crippen LogP contribution in [0.4, 0.5) is 0 Å². The van der Waals surface area contributed by atoms with Crippen LogP contribution in [0.2, 0.25) is 0 Å². The summed E-state index contributed by atoms with van der Waals surface area (Å²) in [4.78, 5) is 1.34. The van der Waals surface area contributed by atoms with E-state index in [1.54, 1.807) is 0 Å². The molecule has 2 rings (SSSR count). The van der Waals surface area contributed by atoms with Crippen LogP contribution in [0.5, 0.6) is 5.75 Å². The second kappa shape index (κ2) is 19.6. The number of hydrogen-bond acceptors (Lipinski definition) is 2. The lowest BCUT2D eigenvalue weighted by Gasteiger charge is -2.07. The van der Waals surface area contributed by atoms with Crippen LogP contribution in [-0.2, 0) is 6.42 Å². The largest absolute Gasteiger partial charge is 1.00 e. The first-order valence-corrected chi connectivity index (χ1v) is 8.76. The van der Waals surface area contributed by atoms with Crippen molar-refractivity contribution in [3.63, 3.8) is 0 Å². The molecule has 1 nitrogen and oxygen atoms in total. The SMILES string of the molecule is CCCCCOc1ccc(CCSc2ccccc2)cc1.[F-].[F-].[F-].[F-].[F-]. The van der Waals surface area contributed by atoms with Crippen molar-refractivity contribution in [1.29, 1.82) is 0 Å². The van der Waals surface area contributed by atoms with Crippen LogP contribution in [-0.4, -0.2) is 12.4 Å². The molecule has 0 aliphatic rings. The first-order chi connectivity index (χ1) is 10.4. The fourth-order valence-corrected chi connectivity index (χ4v) is 3.02. The molecule has 0 fully saturated rings. The molecule has 0 unspecified atom stereocenters. The van der Waals surface area contributed by atoms with Crippen molar-refractivity contribution in [3.8, 4) is 5.75 Å². The van der Waals surface area contributed by atoms with Gasteiger partial charge in [-0.25, -0.2) is 0 Å². The molecule has 0 aliphatic carbocycles. The molecule has 0 aromatic heterocycles. The Morgan fingerprint density at radius 3 is 1.96 bits per heavy atom. The summed E-state index contributed by atoms with van der Waals surface area (Å²) in [6, 6.07) is 19.1. The van der Waals surface area contributed by atoms with Crippen LogP contribution in [0, 0.1) is 0 Å². The van der Waals surface area contributed by atoms with Crippen LogP contribution in [0.3, 0.4) is 0 Å². The predicted molar refractivity (Wildman–Crippen MR) is 92.3 cm³/mol. The number of hydrogen-bond donors (Lipinski definition) is 0. The lowest BCUT2D eigenvalue weighted by molar-refractivity contribution is -0.00100. The van der Waals surface area contributed by atoms with E-state index < -0.39 is 0 Å². The highest BCUT2D eigenvalue weighted by Crippen LogP contribution is 2.19. The molecule has 0 bridgehead atoms. The van der Waals surface area contributed by atoms with Gasteiger partial charge < -0.3 is 28.3 Å². The third-order valence-corrected chi connectivity index (χ3v) is 4.36. The number of benzene rings is 2. The second-order valence-electron chi connectivity index (χ2n) is 5.11. The number of thioether (sulfide) groups is 1. The Bertz CT molecular complexity index is 511. The maximum atomic E-state index is 5.73. The van der Waals surface area contributed by atoms with Gasteiger partial charge in [0.25, 0.3) is 0 Å². The first-order valence-electron chi connectivity index (χ1n) is 7.78. The summed E-state index contributed by atoms with van der Waals surface area (Å²) >= 11 is 1.91. The molecule has 0 aliphatic heterocycles. The molecule has 0 radical (unpaired) electrons. The molecule has 0 saturated heterocycles. The molecule has 0 N–H and O–H groups in total. The fourth-order valence-electron chi connectivity index (χ4n) is 2.10. The van der Waals surface area contributed by atoms with E-state index in [-0.39, 0.29) is 23.5 Å². The van der Waals surface area contributed by atoms with E-state index in [0.29, 0.717) is 0 Å². The summed E-state index contributed by atoms with van der Waals surface area (Å²) in [6.45, 7) is 3.04. The summed E-state index contributed by atoms with van der Waals surface area (Å²) in [5.74, 6) is 2.10. The average Bonchev–Trinajstić information content (AvgIpc) is 2.54. The maximum Gasteiger partial charge on any atom is 0.119 e. The Kier molecular flexibility index (Phi) is 24.0. The zero-order valence-corrected chi connectivity index (χ0v) is 15.5. The molecule has 0 spiro atoms. The van der Waals surface area contributed by atoms with E-state index in [2.05, 4.69) is 61.5 Å². The normalized spacial score (nSPS) is 8.50. The minimum Gasteiger partial charge on any atom is -1.00 e. The topological polar surface area (TPSA) is 9.23 Å². The van der Waals surface area contributed by atoms with Gasteiger partial charge in [0.15, 0.2) is 0 Å². The van der Waals surface area contributed by atoms with Gasteiger partial charge >= 0.3 is 0 Å². The lowest BCUT2D eigenvalue weighted by Crippen LogP contribution is -3.00. The van der Waals surface area contributed by atoms with Gasteiger partial charge in [0.2, 0.25) is 0 Å². The predicted octanol–water partition coefficient (Wildman–Crippen LogP) is -9.39. The van der Waals surface area contributed by atoms with Gasteiger partial charge in [-0.1, -0.05) is 50.1 Å². The number of unbranched alkanes of at least 4 members (excludes halogenated alkanes) is 2. The number of rotatable bonds is 9. The first kappa shape index (κ1) is 32.0. The number of aryl methyl sites for hydroxylation is 1. The standard InChI is InChI=1S/C19H24OS.5FH/c1-2-3-7-15-20-18-12-10-17(11-13-18)14-16-21-19-8-5-4-6-9-19;;;;;/h4-6,8-13H,2-3,7,14-16H2,1H3;5*1H/p-5. The van der Waals surface area contributed by atoms with Crippen molar-refractivity contribution in [1.82, 2.24) is 0 Å². The smallest absolute Gasteiger partial charge is 0.119 e. The maximum absolute atomic E-state index is 5.73. The molecule has 0 atom stereocenters. The van der Waals surface area contributed by atoms with Gasteiger partial charge in [-0.3, -0.25) is 0 Å². The highest BCUT2D eigenvalue weighted by Gasteiger charge is 1.98. The van der Waals surface area contributed by atoms with Crippen LogP contribution < -0.4 is 28.3 Å². The summed E-state index contributed by atoms with van der Waals surface area (Å²) < 4.78 is 5.73. The van der Waals surface area contributed by atoms with Crippen molar-refractivity contribution < 1.29 is 28.3 Å². The van der Waals surface area contributed by atoms with Gasteiger partial charge in [0.1, 0.15) is 5.75 Å². The Morgan fingerprint density at radius 1 is 0.769 bits per heavy atom. The molecule has 7 heteroatoms. The molecule has 2 aromatic carbocycles. The second-order valence-corrected chi connectivity index (χ2v) is 6.28. The van der Waals surface area contributed by atoms with Crippen molar-refractivity contribution in [2.45, 2.75) is 37.5 Å². The number of ether oxygens (including phenoxy) is 1. The van der Waals surface area contributed by atoms with E-state index in [1.807, 2.05) is 11.8 Å². The van der Waals surface area contributed by atoms with E-state index in [0.717, 1.165) is 31.0 Å². The van der Waals surface area contributed by atoms with E-state index in [4.69, 9.17) is 4.74 Å². The Labute approximate surface area is 156 Å². The molecule has 0 amide bonds. The van der Waals surface area contributed by atoms with Crippen molar-refractivity contribution in [2.24, 2.45) is 0 Å². The van der Waals surface area contributed by atoms with Gasteiger partial charge in [0, 0.05) is 10.6 Å². The third kappa shape index (κ3) is 12.6. The molecule has 0 heterocycles. The molecule has 152 valence electrons. The minimum atomic E-state index is 0. The van der Waals surface area contributed by atoms with E-state index >= 15 is 0 Å². The average molecular weight is 395 g/mol. The Balaban J connectivity index is -0.000000484. The third-order valence-electron chi connectivity index (χ3n) is 3.34.